The van der Waals surface area contributed by atoms with Crippen LogP contribution in [0.15, 0.2) is 30.3 Å². The highest BCUT2D eigenvalue weighted by Gasteiger charge is 2.34. The molecule has 0 bridgehead atoms. The summed E-state index contributed by atoms with van der Waals surface area (Å²) >= 11 is 0. The Kier molecular flexibility index (Phi) is 8.04. The zero-order valence-corrected chi connectivity index (χ0v) is 13.1. The van der Waals surface area contributed by atoms with Gasteiger partial charge in [0.15, 0.2) is 0 Å². The van der Waals surface area contributed by atoms with Gasteiger partial charge in [-0.25, -0.2) is 13.3 Å². The standard InChI is InChI=1S/C14H21F2O4P/c1-3-18-21(17,19-4-2)20-13(14(15)16)11-10-12-8-6-5-7-9-12/h5-9,13-14H,3-4,10-11H2,1-2H3. The Morgan fingerprint density at radius 1 is 1.10 bits per heavy atom. The molecule has 0 radical (unpaired) electrons. The van der Waals surface area contributed by atoms with Crippen molar-refractivity contribution in [2.75, 3.05) is 13.2 Å². The van der Waals surface area contributed by atoms with E-state index in [1.165, 1.54) is 0 Å². The van der Waals surface area contributed by atoms with Crippen LogP contribution in [0.3, 0.4) is 0 Å². The number of halogens is 2. The molecule has 0 aliphatic heterocycles. The minimum absolute atomic E-state index is 0.0336. The molecule has 0 N–H and O–H groups in total. The fourth-order valence-electron chi connectivity index (χ4n) is 1.76. The summed E-state index contributed by atoms with van der Waals surface area (Å²) in [4.78, 5) is 0. The maximum Gasteiger partial charge on any atom is 0.475 e. The highest BCUT2D eigenvalue weighted by Crippen LogP contribution is 2.51. The number of aryl methyl sites for hydroxylation is 1. The molecule has 7 heteroatoms. The summed E-state index contributed by atoms with van der Waals surface area (Å²) < 4.78 is 53.0. The van der Waals surface area contributed by atoms with Gasteiger partial charge in [-0.05, 0) is 32.3 Å². The smallest absolute Gasteiger partial charge is 0.287 e. The fraction of sp³-hybridized carbons (Fsp3) is 0.571. The first-order valence-corrected chi connectivity index (χ1v) is 8.36. The molecule has 0 aliphatic carbocycles. The summed E-state index contributed by atoms with van der Waals surface area (Å²) in [5, 5.41) is 0. The second kappa shape index (κ2) is 9.26. The Balaban J connectivity index is 2.66. The molecule has 0 saturated carbocycles. The summed E-state index contributed by atoms with van der Waals surface area (Å²) in [5.41, 5.74) is 0.911. The lowest BCUT2D eigenvalue weighted by molar-refractivity contribution is -0.0193. The van der Waals surface area contributed by atoms with Crippen LogP contribution in [0, 0.1) is 0 Å². The average molecular weight is 322 g/mol. The van der Waals surface area contributed by atoms with Crippen molar-refractivity contribution in [3.8, 4) is 0 Å². The molecular weight excluding hydrogens is 301 g/mol. The first kappa shape index (κ1) is 18.2. The zero-order chi connectivity index (χ0) is 15.7. The Morgan fingerprint density at radius 3 is 2.14 bits per heavy atom. The van der Waals surface area contributed by atoms with E-state index in [1.54, 1.807) is 13.8 Å². The number of phosphoric acid groups is 1. The average Bonchev–Trinajstić information content (AvgIpc) is 2.45. The third-order valence-electron chi connectivity index (χ3n) is 2.68. The van der Waals surface area contributed by atoms with Gasteiger partial charge in [0.2, 0.25) is 0 Å². The summed E-state index contributed by atoms with van der Waals surface area (Å²) in [6, 6.07) is 9.20. The minimum Gasteiger partial charge on any atom is -0.287 e. The van der Waals surface area contributed by atoms with Gasteiger partial charge in [0.25, 0.3) is 6.43 Å². The van der Waals surface area contributed by atoms with Gasteiger partial charge in [-0.2, -0.15) is 0 Å². The topological polar surface area (TPSA) is 44.8 Å². The number of benzene rings is 1. The molecule has 120 valence electrons. The van der Waals surface area contributed by atoms with Crippen molar-refractivity contribution >= 4 is 7.82 Å². The molecule has 0 amide bonds. The lowest BCUT2D eigenvalue weighted by atomic mass is 10.1. The first-order chi connectivity index (χ1) is 10.0. The maximum atomic E-state index is 13.1. The van der Waals surface area contributed by atoms with Gasteiger partial charge >= 0.3 is 7.82 Å². The van der Waals surface area contributed by atoms with Crippen molar-refractivity contribution in [2.24, 2.45) is 0 Å². The van der Waals surface area contributed by atoms with Crippen LogP contribution in [0.5, 0.6) is 0 Å². The highest BCUT2D eigenvalue weighted by molar-refractivity contribution is 7.48. The molecule has 0 saturated heterocycles. The second-order valence-corrected chi connectivity index (χ2v) is 5.91. The number of hydrogen-bond acceptors (Lipinski definition) is 4. The summed E-state index contributed by atoms with van der Waals surface area (Å²) in [7, 11) is -3.93. The molecule has 1 aromatic rings. The molecular formula is C14H21F2O4P. The van der Waals surface area contributed by atoms with Gasteiger partial charge in [0.1, 0.15) is 6.10 Å². The molecule has 4 nitrogen and oxygen atoms in total. The van der Waals surface area contributed by atoms with Gasteiger partial charge in [-0.3, -0.25) is 13.6 Å². The van der Waals surface area contributed by atoms with Crippen molar-refractivity contribution in [3.05, 3.63) is 35.9 Å². The quantitative estimate of drug-likeness (QED) is 0.597. The van der Waals surface area contributed by atoms with Crippen molar-refractivity contribution in [3.63, 3.8) is 0 Å². The number of rotatable bonds is 10. The van der Waals surface area contributed by atoms with Crippen LogP contribution in [-0.2, 0) is 24.6 Å². The second-order valence-electron chi connectivity index (χ2n) is 4.29. The lowest BCUT2D eigenvalue weighted by Crippen LogP contribution is -2.23. The molecule has 21 heavy (non-hydrogen) atoms. The normalized spacial score (nSPS) is 13.6. The number of phosphoric ester groups is 1. The number of hydrogen-bond donors (Lipinski definition) is 0. The van der Waals surface area contributed by atoms with E-state index in [2.05, 4.69) is 0 Å². The van der Waals surface area contributed by atoms with Gasteiger partial charge in [-0.15, -0.1) is 0 Å². The van der Waals surface area contributed by atoms with Gasteiger partial charge in [0.05, 0.1) is 13.2 Å². The van der Waals surface area contributed by atoms with Crippen LogP contribution in [-0.4, -0.2) is 25.7 Å². The number of alkyl halides is 2. The fourth-order valence-corrected chi connectivity index (χ4v) is 3.12. The first-order valence-electron chi connectivity index (χ1n) is 6.90. The van der Waals surface area contributed by atoms with Crippen LogP contribution in [0.4, 0.5) is 8.78 Å². The largest absolute Gasteiger partial charge is 0.475 e. The minimum atomic E-state index is -3.93. The third-order valence-corrected chi connectivity index (χ3v) is 4.36. The monoisotopic (exact) mass is 322 g/mol. The summed E-state index contributed by atoms with van der Waals surface area (Å²) in [6.45, 7) is 3.31. The molecule has 0 fully saturated rings. The molecule has 1 atom stereocenters. The lowest BCUT2D eigenvalue weighted by Gasteiger charge is -2.22. The SMILES string of the molecule is CCOP(=O)(OCC)OC(CCc1ccccc1)C(F)F. The van der Waals surface area contributed by atoms with E-state index >= 15 is 0 Å². The molecule has 0 heterocycles. The van der Waals surface area contributed by atoms with Crippen molar-refractivity contribution in [2.45, 2.75) is 39.2 Å². The molecule has 0 aromatic heterocycles. The third kappa shape index (κ3) is 6.66. The summed E-state index contributed by atoms with van der Waals surface area (Å²) in [5.74, 6) is 0. The molecule has 1 aromatic carbocycles. The van der Waals surface area contributed by atoms with E-state index in [1.807, 2.05) is 30.3 Å². The van der Waals surface area contributed by atoms with E-state index in [0.717, 1.165) is 5.56 Å². The Hall–Kier alpha value is -0.810. The molecule has 0 aliphatic rings. The van der Waals surface area contributed by atoms with E-state index in [-0.39, 0.29) is 19.6 Å². The van der Waals surface area contributed by atoms with E-state index in [4.69, 9.17) is 13.6 Å². The Bertz CT molecular complexity index is 432. The van der Waals surface area contributed by atoms with Crippen molar-refractivity contribution in [1.82, 2.24) is 0 Å². The predicted octanol–water partition coefficient (Wildman–Crippen LogP) is 4.45. The van der Waals surface area contributed by atoms with E-state index in [9.17, 15) is 13.3 Å². The van der Waals surface area contributed by atoms with Crippen LogP contribution in [0.2, 0.25) is 0 Å². The molecule has 0 spiro atoms. The predicted molar refractivity (Wildman–Crippen MR) is 76.5 cm³/mol. The van der Waals surface area contributed by atoms with Crippen LogP contribution in [0.25, 0.3) is 0 Å². The van der Waals surface area contributed by atoms with Crippen molar-refractivity contribution < 1.29 is 26.9 Å². The zero-order valence-electron chi connectivity index (χ0n) is 12.2. The maximum absolute atomic E-state index is 13.1. The Morgan fingerprint density at radius 2 is 1.67 bits per heavy atom. The van der Waals surface area contributed by atoms with E-state index in [0.29, 0.717) is 6.42 Å². The highest BCUT2D eigenvalue weighted by atomic mass is 31.2. The molecule has 1 rings (SSSR count). The van der Waals surface area contributed by atoms with Gasteiger partial charge in [-0.1, -0.05) is 30.3 Å². The van der Waals surface area contributed by atoms with E-state index < -0.39 is 20.4 Å². The van der Waals surface area contributed by atoms with Gasteiger partial charge in [0, 0.05) is 0 Å². The van der Waals surface area contributed by atoms with Gasteiger partial charge < -0.3 is 0 Å². The van der Waals surface area contributed by atoms with Crippen LogP contribution in [0.1, 0.15) is 25.8 Å². The van der Waals surface area contributed by atoms with Crippen LogP contribution >= 0.6 is 7.82 Å². The van der Waals surface area contributed by atoms with Crippen molar-refractivity contribution in [1.29, 1.82) is 0 Å². The Labute approximate surface area is 124 Å². The van der Waals surface area contributed by atoms with Crippen LogP contribution < -0.4 is 0 Å². The summed E-state index contributed by atoms with van der Waals surface area (Å²) in [6.07, 6.45) is -3.82. The molecule has 1 unspecified atom stereocenters.